The van der Waals surface area contributed by atoms with Gasteiger partial charge in [0.15, 0.2) is 5.75 Å². The van der Waals surface area contributed by atoms with Gasteiger partial charge in [0.05, 0.1) is 6.07 Å². The molecule has 0 spiro atoms. The summed E-state index contributed by atoms with van der Waals surface area (Å²) in [6.45, 7) is 4.22. The van der Waals surface area contributed by atoms with Crippen molar-refractivity contribution in [3.05, 3.63) is 0 Å². The highest BCUT2D eigenvalue weighted by Crippen LogP contribution is 2.20. The first-order valence-corrected chi connectivity index (χ1v) is 6.43. The summed E-state index contributed by atoms with van der Waals surface area (Å²) in [6, 6.07) is 1.60. The van der Waals surface area contributed by atoms with Crippen LogP contribution in [0.25, 0.3) is 0 Å². The number of nitrogens with one attached hydrogen (secondary N) is 1. The molecule has 0 aromatic carbocycles. The number of hydrogen-bond acceptors (Lipinski definition) is 4. The topological polar surface area (TPSA) is 90.2 Å². The van der Waals surface area contributed by atoms with Gasteiger partial charge in [-0.3, -0.25) is 0 Å². The van der Waals surface area contributed by atoms with Crippen molar-refractivity contribution >= 4 is 10.0 Å². The predicted octanol–water partition coefficient (Wildman–Crippen LogP) is 0.228. The van der Waals surface area contributed by atoms with E-state index >= 15 is 0 Å². The second-order valence-corrected chi connectivity index (χ2v) is 6.04. The lowest BCUT2D eigenvalue weighted by atomic mass is 9.88. The Kier molecular flexibility index (Phi) is 5.80. The van der Waals surface area contributed by atoms with Crippen molar-refractivity contribution in [2.45, 2.75) is 26.7 Å². The molecule has 0 aliphatic carbocycles. The third-order valence-electron chi connectivity index (χ3n) is 2.04. The molecule has 2 N–H and O–H groups in total. The van der Waals surface area contributed by atoms with Crippen LogP contribution in [0.15, 0.2) is 0 Å². The van der Waals surface area contributed by atoms with Crippen LogP contribution in [0.1, 0.15) is 26.7 Å². The van der Waals surface area contributed by atoms with Gasteiger partial charge in [-0.15, -0.1) is 0 Å². The molecule has 0 heterocycles. The third kappa shape index (κ3) is 7.31. The van der Waals surface area contributed by atoms with Gasteiger partial charge in [0.25, 0.3) is 0 Å². The molecule has 5 nitrogen and oxygen atoms in total. The van der Waals surface area contributed by atoms with E-state index in [1.54, 1.807) is 6.07 Å². The van der Waals surface area contributed by atoms with E-state index in [0.717, 1.165) is 6.42 Å². The first-order valence-electron chi connectivity index (χ1n) is 4.78. The Balaban J connectivity index is 4.09. The molecule has 0 aromatic rings. The van der Waals surface area contributed by atoms with Gasteiger partial charge >= 0.3 is 0 Å². The van der Waals surface area contributed by atoms with E-state index in [9.17, 15) is 8.42 Å². The average molecular weight is 234 g/mol. The first-order chi connectivity index (χ1) is 6.83. The molecule has 0 radical (unpaired) electrons. The van der Waals surface area contributed by atoms with Gasteiger partial charge in [0.2, 0.25) is 10.0 Å². The van der Waals surface area contributed by atoms with Crippen molar-refractivity contribution in [1.82, 2.24) is 4.72 Å². The van der Waals surface area contributed by atoms with Crippen LogP contribution in [0.5, 0.6) is 0 Å². The molecular weight excluding hydrogens is 216 g/mol. The van der Waals surface area contributed by atoms with E-state index in [1.807, 2.05) is 13.8 Å². The Morgan fingerprint density at radius 2 is 2.07 bits per heavy atom. The lowest BCUT2D eigenvalue weighted by Gasteiger charge is -2.24. The van der Waals surface area contributed by atoms with Gasteiger partial charge in [0.1, 0.15) is 0 Å². The Morgan fingerprint density at radius 3 is 2.53 bits per heavy atom. The summed E-state index contributed by atoms with van der Waals surface area (Å²) in [5.74, 6) is -0.511. The average Bonchev–Trinajstić information content (AvgIpc) is 2.12. The fourth-order valence-corrected chi connectivity index (χ4v) is 1.97. The summed E-state index contributed by atoms with van der Waals surface area (Å²) in [5, 5.41) is 16.9. The zero-order chi connectivity index (χ0) is 11.9. The van der Waals surface area contributed by atoms with E-state index in [0.29, 0.717) is 6.42 Å². The smallest absolute Gasteiger partial charge is 0.225 e. The summed E-state index contributed by atoms with van der Waals surface area (Å²) < 4.78 is 24.7. The maximum absolute atomic E-state index is 11.2. The third-order valence-corrected chi connectivity index (χ3v) is 3.13. The molecule has 15 heavy (non-hydrogen) atoms. The molecule has 0 aromatic heterocycles. The second-order valence-electron chi connectivity index (χ2n) is 4.23. The Bertz CT molecular complexity index is 317. The monoisotopic (exact) mass is 234 g/mol. The molecular formula is C9H18N2O3S. The van der Waals surface area contributed by atoms with E-state index < -0.39 is 15.8 Å². The molecule has 0 amide bonds. The SMILES string of the molecule is CC(C)(CCCO)CNS(=O)(=O)CC#N. The molecule has 88 valence electrons. The van der Waals surface area contributed by atoms with Crippen LogP contribution in [0, 0.1) is 16.7 Å². The van der Waals surface area contributed by atoms with E-state index in [2.05, 4.69) is 4.72 Å². The van der Waals surface area contributed by atoms with E-state index in [4.69, 9.17) is 10.4 Å². The van der Waals surface area contributed by atoms with Crippen LogP contribution in [0.3, 0.4) is 0 Å². The van der Waals surface area contributed by atoms with Crippen molar-refractivity contribution in [2.75, 3.05) is 18.9 Å². The summed E-state index contributed by atoms with van der Waals surface area (Å²) in [5.41, 5.74) is -0.203. The Hall–Kier alpha value is -0.640. The van der Waals surface area contributed by atoms with Crippen molar-refractivity contribution in [1.29, 1.82) is 5.26 Å². The van der Waals surface area contributed by atoms with Crippen LogP contribution in [0.2, 0.25) is 0 Å². The number of sulfonamides is 1. The quantitative estimate of drug-likeness (QED) is 0.659. The minimum Gasteiger partial charge on any atom is -0.396 e. The number of hydrogen-bond donors (Lipinski definition) is 2. The molecule has 0 saturated carbocycles. The molecule has 0 atom stereocenters. The van der Waals surface area contributed by atoms with Gasteiger partial charge in [0, 0.05) is 13.2 Å². The molecule has 0 aliphatic rings. The van der Waals surface area contributed by atoms with Crippen LogP contribution in [-0.4, -0.2) is 32.4 Å². The van der Waals surface area contributed by atoms with Crippen LogP contribution >= 0.6 is 0 Å². The highest BCUT2D eigenvalue weighted by atomic mass is 32.2. The number of nitrogens with zero attached hydrogens (tertiary/aromatic N) is 1. The van der Waals surface area contributed by atoms with Crippen molar-refractivity contribution < 1.29 is 13.5 Å². The highest BCUT2D eigenvalue weighted by Gasteiger charge is 2.20. The zero-order valence-corrected chi connectivity index (χ0v) is 9.97. The van der Waals surface area contributed by atoms with E-state index in [1.165, 1.54) is 0 Å². The summed E-state index contributed by atoms with van der Waals surface area (Å²) >= 11 is 0. The number of aliphatic hydroxyl groups excluding tert-OH is 1. The largest absolute Gasteiger partial charge is 0.396 e. The molecule has 0 fully saturated rings. The van der Waals surface area contributed by atoms with Gasteiger partial charge in [-0.2, -0.15) is 5.26 Å². The molecule has 0 saturated heterocycles. The van der Waals surface area contributed by atoms with Crippen molar-refractivity contribution in [3.8, 4) is 6.07 Å². The van der Waals surface area contributed by atoms with Gasteiger partial charge in [-0.25, -0.2) is 13.1 Å². The molecule has 6 heteroatoms. The second kappa shape index (κ2) is 6.05. The maximum atomic E-state index is 11.2. The fraction of sp³-hybridized carbons (Fsp3) is 0.889. The van der Waals surface area contributed by atoms with Crippen LogP contribution in [0.4, 0.5) is 0 Å². The van der Waals surface area contributed by atoms with Crippen molar-refractivity contribution in [2.24, 2.45) is 5.41 Å². The zero-order valence-electron chi connectivity index (χ0n) is 9.15. The minimum absolute atomic E-state index is 0.106. The standard InChI is InChI=1S/C9H18N2O3S/c1-9(2,4-3-6-12)8-11-15(13,14)7-5-10/h11-12H,3-4,6-8H2,1-2H3. The van der Waals surface area contributed by atoms with Crippen molar-refractivity contribution in [3.63, 3.8) is 0 Å². The predicted molar refractivity (Wildman–Crippen MR) is 57.5 cm³/mol. The maximum Gasteiger partial charge on any atom is 0.225 e. The van der Waals surface area contributed by atoms with E-state index in [-0.39, 0.29) is 18.6 Å². The Morgan fingerprint density at radius 1 is 1.47 bits per heavy atom. The van der Waals surface area contributed by atoms with Gasteiger partial charge in [-0.1, -0.05) is 13.8 Å². The van der Waals surface area contributed by atoms with Crippen LogP contribution < -0.4 is 4.72 Å². The lowest BCUT2D eigenvalue weighted by Crippen LogP contribution is -2.35. The minimum atomic E-state index is -3.46. The summed E-state index contributed by atoms with van der Waals surface area (Å²) in [6.07, 6.45) is 1.38. The summed E-state index contributed by atoms with van der Waals surface area (Å²) in [4.78, 5) is 0. The molecule has 0 rings (SSSR count). The van der Waals surface area contributed by atoms with Crippen LogP contribution in [-0.2, 0) is 10.0 Å². The first kappa shape index (κ1) is 14.4. The number of aliphatic hydroxyl groups is 1. The van der Waals surface area contributed by atoms with Gasteiger partial charge in [-0.05, 0) is 18.3 Å². The number of rotatable bonds is 7. The fourth-order valence-electron chi connectivity index (χ4n) is 1.09. The molecule has 0 unspecified atom stereocenters. The number of nitriles is 1. The normalized spacial score (nSPS) is 12.4. The van der Waals surface area contributed by atoms with Gasteiger partial charge < -0.3 is 5.11 Å². The lowest BCUT2D eigenvalue weighted by molar-refractivity contribution is 0.242. The molecule has 0 aliphatic heterocycles. The highest BCUT2D eigenvalue weighted by molar-refractivity contribution is 7.89. The Labute approximate surface area is 91.2 Å². The summed E-state index contributed by atoms with van der Waals surface area (Å²) in [7, 11) is -3.46. The molecule has 0 bridgehead atoms.